The van der Waals surface area contributed by atoms with Crippen LogP contribution in [0, 0.1) is 0 Å². The highest BCUT2D eigenvalue weighted by Gasteiger charge is 2.12. The van der Waals surface area contributed by atoms with Crippen molar-refractivity contribution in [2.45, 2.75) is 13.5 Å². The SMILES string of the molecule is CCOc1ccccc1-c1nc(CNC)no1. The van der Waals surface area contributed by atoms with Gasteiger partial charge in [-0.15, -0.1) is 0 Å². The third kappa shape index (κ3) is 2.62. The number of rotatable bonds is 5. The number of hydrogen-bond acceptors (Lipinski definition) is 5. The van der Waals surface area contributed by atoms with Gasteiger partial charge in [-0.3, -0.25) is 0 Å². The summed E-state index contributed by atoms with van der Waals surface area (Å²) in [6, 6.07) is 7.63. The largest absolute Gasteiger partial charge is 0.493 e. The van der Waals surface area contributed by atoms with Gasteiger partial charge in [0.2, 0.25) is 0 Å². The fourth-order valence-corrected chi connectivity index (χ4v) is 1.52. The third-order valence-corrected chi connectivity index (χ3v) is 2.22. The molecule has 0 aliphatic carbocycles. The van der Waals surface area contributed by atoms with E-state index in [1.54, 1.807) is 0 Å². The first-order valence-electron chi connectivity index (χ1n) is 5.54. The van der Waals surface area contributed by atoms with Gasteiger partial charge in [-0.1, -0.05) is 17.3 Å². The molecule has 2 rings (SSSR count). The summed E-state index contributed by atoms with van der Waals surface area (Å²) in [6.07, 6.45) is 0. The van der Waals surface area contributed by atoms with Crippen LogP contribution < -0.4 is 10.1 Å². The highest BCUT2D eigenvalue weighted by molar-refractivity contribution is 5.62. The van der Waals surface area contributed by atoms with E-state index in [4.69, 9.17) is 9.26 Å². The van der Waals surface area contributed by atoms with Crippen molar-refractivity contribution >= 4 is 0 Å². The number of nitrogens with one attached hydrogen (secondary N) is 1. The molecule has 0 radical (unpaired) electrons. The molecule has 0 aliphatic rings. The van der Waals surface area contributed by atoms with E-state index in [2.05, 4.69) is 15.5 Å². The van der Waals surface area contributed by atoms with Crippen molar-refractivity contribution in [1.82, 2.24) is 15.5 Å². The Kier molecular flexibility index (Phi) is 3.72. The van der Waals surface area contributed by atoms with E-state index < -0.39 is 0 Å². The van der Waals surface area contributed by atoms with Crippen LogP contribution in [0.4, 0.5) is 0 Å². The van der Waals surface area contributed by atoms with Gasteiger partial charge in [-0.05, 0) is 26.1 Å². The van der Waals surface area contributed by atoms with Crippen molar-refractivity contribution < 1.29 is 9.26 Å². The molecule has 1 aromatic heterocycles. The quantitative estimate of drug-likeness (QED) is 0.854. The Balaban J connectivity index is 2.31. The Morgan fingerprint density at radius 1 is 1.35 bits per heavy atom. The lowest BCUT2D eigenvalue weighted by Crippen LogP contribution is -2.06. The predicted octanol–water partition coefficient (Wildman–Crippen LogP) is 1.85. The summed E-state index contributed by atoms with van der Waals surface area (Å²) in [4.78, 5) is 4.29. The summed E-state index contributed by atoms with van der Waals surface area (Å²) in [6.45, 7) is 3.13. The van der Waals surface area contributed by atoms with Gasteiger partial charge in [0.1, 0.15) is 5.75 Å². The maximum atomic E-state index is 5.52. The molecule has 1 heterocycles. The van der Waals surface area contributed by atoms with Gasteiger partial charge < -0.3 is 14.6 Å². The molecule has 0 amide bonds. The fraction of sp³-hybridized carbons (Fsp3) is 0.333. The molecule has 17 heavy (non-hydrogen) atoms. The first-order valence-corrected chi connectivity index (χ1v) is 5.54. The van der Waals surface area contributed by atoms with E-state index in [1.165, 1.54) is 0 Å². The molecule has 0 saturated heterocycles. The highest BCUT2D eigenvalue weighted by atomic mass is 16.5. The van der Waals surface area contributed by atoms with E-state index in [9.17, 15) is 0 Å². The minimum atomic E-state index is 0.485. The lowest BCUT2D eigenvalue weighted by atomic mass is 10.2. The van der Waals surface area contributed by atoms with Crippen molar-refractivity contribution in [3.8, 4) is 17.2 Å². The van der Waals surface area contributed by atoms with E-state index in [0.29, 0.717) is 24.9 Å². The van der Waals surface area contributed by atoms with Gasteiger partial charge >= 0.3 is 0 Å². The number of benzene rings is 1. The molecular formula is C12H15N3O2. The molecule has 0 saturated carbocycles. The second kappa shape index (κ2) is 5.45. The molecule has 0 unspecified atom stereocenters. The third-order valence-electron chi connectivity index (χ3n) is 2.22. The van der Waals surface area contributed by atoms with Crippen LogP contribution in [0.5, 0.6) is 5.75 Å². The zero-order valence-corrected chi connectivity index (χ0v) is 9.93. The molecule has 90 valence electrons. The molecule has 0 fully saturated rings. The summed E-state index contributed by atoms with van der Waals surface area (Å²) >= 11 is 0. The summed E-state index contributed by atoms with van der Waals surface area (Å²) in [5.41, 5.74) is 0.823. The monoisotopic (exact) mass is 233 g/mol. The van der Waals surface area contributed by atoms with Crippen molar-refractivity contribution in [2.75, 3.05) is 13.7 Å². The molecule has 2 aromatic rings. The minimum Gasteiger partial charge on any atom is -0.493 e. The normalized spacial score (nSPS) is 10.5. The molecule has 5 nitrogen and oxygen atoms in total. The second-order valence-corrected chi connectivity index (χ2v) is 3.48. The van der Waals surface area contributed by atoms with Crippen molar-refractivity contribution in [2.24, 2.45) is 0 Å². The first-order chi connectivity index (χ1) is 8.35. The summed E-state index contributed by atoms with van der Waals surface area (Å²) in [7, 11) is 1.84. The zero-order chi connectivity index (χ0) is 12.1. The average Bonchev–Trinajstić information content (AvgIpc) is 2.79. The number of ether oxygens (including phenoxy) is 1. The standard InChI is InChI=1S/C12H15N3O2/c1-3-16-10-7-5-4-6-9(10)12-14-11(8-13-2)15-17-12/h4-7,13H,3,8H2,1-2H3. The van der Waals surface area contributed by atoms with Crippen molar-refractivity contribution in [3.05, 3.63) is 30.1 Å². The number of hydrogen-bond donors (Lipinski definition) is 1. The average molecular weight is 233 g/mol. The van der Waals surface area contributed by atoms with Crippen molar-refractivity contribution in [3.63, 3.8) is 0 Å². The lowest BCUT2D eigenvalue weighted by Gasteiger charge is -2.05. The van der Waals surface area contributed by atoms with Crippen LogP contribution >= 0.6 is 0 Å². The fourth-order valence-electron chi connectivity index (χ4n) is 1.52. The molecular weight excluding hydrogens is 218 g/mol. The molecule has 1 aromatic carbocycles. The smallest absolute Gasteiger partial charge is 0.261 e. The number of aromatic nitrogens is 2. The Morgan fingerprint density at radius 2 is 2.18 bits per heavy atom. The van der Waals surface area contributed by atoms with Gasteiger partial charge in [-0.25, -0.2) is 0 Å². The van der Waals surface area contributed by atoms with E-state index in [1.807, 2.05) is 38.2 Å². The van der Waals surface area contributed by atoms with Gasteiger partial charge in [0.15, 0.2) is 5.82 Å². The summed E-state index contributed by atoms with van der Waals surface area (Å²) < 4.78 is 10.7. The zero-order valence-electron chi connectivity index (χ0n) is 9.93. The Morgan fingerprint density at radius 3 is 2.94 bits per heavy atom. The molecule has 0 spiro atoms. The van der Waals surface area contributed by atoms with E-state index >= 15 is 0 Å². The Hall–Kier alpha value is -1.88. The van der Waals surface area contributed by atoms with E-state index in [-0.39, 0.29) is 0 Å². The van der Waals surface area contributed by atoms with Crippen LogP contribution in [0.2, 0.25) is 0 Å². The van der Waals surface area contributed by atoms with Crippen LogP contribution in [0.1, 0.15) is 12.7 Å². The Bertz CT molecular complexity index is 482. The minimum absolute atomic E-state index is 0.485. The van der Waals surface area contributed by atoms with Gasteiger partial charge in [0, 0.05) is 0 Å². The second-order valence-electron chi connectivity index (χ2n) is 3.48. The molecule has 0 aliphatic heterocycles. The molecule has 1 N–H and O–H groups in total. The highest BCUT2D eigenvalue weighted by Crippen LogP contribution is 2.28. The van der Waals surface area contributed by atoms with Gasteiger partial charge in [0.25, 0.3) is 5.89 Å². The molecule has 0 bridgehead atoms. The molecule has 0 atom stereocenters. The van der Waals surface area contributed by atoms with Crippen molar-refractivity contribution in [1.29, 1.82) is 0 Å². The van der Waals surface area contributed by atoms with Crippen LogP contribution in [0.3, 0.4) is 0 Å². The topological polar surface area (TPSA) is 60.2 Å². The number of para-hydroxylation sites is 1. The summed E-state index contributed by atoms with van der Waals surface area (Å²) in [5.74, 6) is 1.88. The maximum Gasteiger partial charge on any atom is 0.261 e. The lowest BCUT2D eigenvalue weighted by molar-refractivity contribution is 0.339. The Labute approximate surface area is 99.8 Å². The van der Waals surface area contributed by atoms with Crippen LogP contribution in [-0.4, -0.2) is 23.8 Å². The van der Waals surface area contributed by atoms with Crippen LogP contribution in [-0.2, 0) is 6.54 Å². The van der Waals surface area contributed by atoms with Gasteiger partial charge in [-0.2, -0.15) is 4.98 Å². The first kappa shape index (κ1) is 11.6. The van der Waals surface area contributed by atoms with Gasteiger partial charge in [0.05, 0.1) is 18.7 Å². The van der Waals surface area contributed by atoms with E-state index in [0.717, 1.165) is 11.3 Å². The maximum absolute atomic E-state index is 5.52. The number of nitrogens with zero attached hydrogens (tertiary/aromatic N) is 2. The predicted molar refractivity (Wildman–Crippen MR) is 63.7 cm³/mol. The van der Waals surface area contributed by atoms with Crippen LogP contribution in [0.25, 0.3) is 11.5 Å². The van der Waals surface area contributed by atoms with Crippen LogP contribution in [0.15, 0.2) is 28.8 Å². The summed E-state index contributed by atoms with van der Waals surface area (Å²) in [5, 5.41) is 6.85. The molecule has 5 heteroatoms.